The third kappa shape index (κ3) is 4.23. The summed E-state index contributed by atoms with van der Waals surface area (Å²) < 4.78 is 8.11. The van der Waals surface area contributed by atoms with Crippen molar-refractivity contribution in [1.29, 1.82) is 0 Å². The van der Waals surface area contributed by atoms with E-state index >= 15 is 0 Å². The molecular formula is C27H17BrINO2. The highest BCUT2D eigenvalue weighted by molar-refractivity contribution is 14.1. The molecule has 0 atom stereocenters. The first-order valence-electron chi connectivity index (χ1n) is 10.0. The third-order valence-electron chi connectivity index (χ3n) is 5.17. The molecule has 1 aliphatic rings. The highest BCUT2D eigenvalue weighted by Gasteiger charge is 2.30. The molecule has 0 aliphatic carbocycles. The number of hydrogen-bond donors (Lipinski definition) is 0. The zero-order valence-corrected chi connectivity index (χ0v) is 20.6. The Balaban J connectivity index is 1.54. The number of furan rings is 1. The van der Waals surface area contributed by atoms with Crippen LogP contribution in [0.3, 0.4) is 0 Å². The largest absolute Gasteiger partial charge is 0.457 e. The van der Waals surface area contributed by atoms with Crippen molar-refractivity contribution in [3.63, 3.8) is 0 Å². The molecule has 5 heteroatoms. The SMILES string of the molecule is O=C1C(=Cc2ccc(-c3ccc(Br)cc3)o2)C=C(c2ccccc2)N1c1cccc(I)c1. The predicted octanol–water partition coefficient (Wildman–Crippen LogP) is 7.79. The van der Waals surface area contributed by atoms with Crippen molar-refractivity contribution >= 4 is 61.9 Å². The standard InChI is InChI=1S/C27H17BrINO2/c28-21-11-9-19(10-12-21)26-14-13-24(32-26)15-20-16-25(18-5-2-1-3-6-18)30(27(20)31)23-8-4-7-22(29)17-23/h1-17H. The molecule has 0 saturated heterocycles. The van der Waals surface area contributed by atoms with Gasteiger partial charge in [0.05, 0.1) is 11.4 Å². The van der Waals surface area contributed by atoms with Gasteiger partial charge in [-0.3, -0.25) is 9.69 Å². The van der Waals surface area contributed by atoms with Gasteiger partial charge in [-0.25, -0.2) is 0 Å². The summed E-state index contributed by atoms with van der Waals surface area (Å²) in [7, 11) is 0. The second-order valence-corrected chi connectivity index (χ2v) is 9.49. The smallest absolute Gasteiger partial charge is 0.263 e. The van der Waals surface area contributed by atoms with E-state index in [2.05, 4.69) is 38.5 Å². The summed E-state index contributed by atoms with van der Waals surface area (Å²) in [5.41, 5.74) is 4.24. The fraction of sp³-hybridized carbons (Fsp3) is 0. The minimum absolute atomic E-state index is 0.0764. The second kappa shape index (κ2) is 8.92. The van der Waals surface area contributed by atoms with Crippen LogP contribution in [-0.4, -0.2) is 5.91 Å². The molecule has 32 heavy (non-hydrogen) atoms. The average molecular weight is 594 g/mol. The Hall–Kier alpha value is -2.90. The number of hydrogen-bond acceptors (Lipinski definition) is 2. The van der Waals surface area contributed by atoms with E-state index in [1.54, 1.807) is 4.90 Å². The van der Waals surface area contributed by atoms with Crippen molar-refractivity contribution in [3.05, 3.63) is 122 Å². The number of carbonyl (C=O) groups is 1. The van der Waals surface area contributed by atoms with Gasteiger partial charge in [-0.2, -0.15) is 0 Å². The lowest BCUT2D eigenvalue weighted by Crippen LogP contribution is -2.25. The summed E-state index contributed by atoms with van der Waals surface area (Å²) in [6.07, 6.45) is 3.74. The van der Waals surface area contributed by atoms with Gasteiger partial charge in [-0.05, 0) is 82.8 Å². The zero-order valence-electron chi connectivity index (χ0n) is 16.8. The quantitative estimate of drug-likeness (QED) is 0.179. The molecule has 3 nitrogen and oxygen atoms in total. The maximum Gasteiger partial charge on any atom is 0.263 e. The molecule has 1 aliphatic heterocycles. The number of rotatable bonds is 4. The first-order valence-corrected chi connectivity index (χ1v) is 11.9. The Morgan fingerprint density at radius 2 is 1.62 bits per heavy atom. The maximum absolute atomic E-state index is 13.5. The van der Waals surface area contributed by atoms with E-state index in [-0.39, 0.29) is 5.91 Å². The van der Waals surface area contributed by atoms with Gasteiger partial charge in [0.25, 0.3) is 5.91 Å². The van der Waals surface area contributed by atoms with E-state index in [4.69, 9.17) is 4.42 Å². The van der Waals surface area contributed by atoms with E-state index in [1.165, 1.54) is 0 Å². The fourth-order valence-corrected chi connectivity index (χ4v) is 4.45. The summed E-state index contributed by atoms with van der Waals surface area (Å²) in [6, 6.07) is 29.7. The van der Waals surface area contributed by atoms with Crippen molar-refractivity contribution in [2.75, 3.05) is 4.90 Å². The van der Waals surface area contributed by atoms with Gasteiger partial charge >= 0.3 is 0 Å². The van der Waals surface area contributed by atoms with Crippen LogP contribution in [0.4, 0.5) is 5.69 Å². The van der Waals surface area contributed by atoms with Crippen LogP contribution in [0.1, 0.15) is 11.3 Å². The van der Waals surface area contributed by atoms with E-state index in [1.807, 2.05) is 103 Å². The molecule has 3 aromatic carbocycles. The number of carbonyl (C=O) groups excluding carboxylic acids is 1. The van der Waals surface area contributed by atoms with Gasteiger partial charge in [-0.15, -0.1) is 0 Å². The number of anilines is 1. The molecule has 156 valence electrons. The van der Waals surface area contributed by atoms with Crippen LogP contribution < -0.4 is 4.90 Å². The molecule has 0 spiro atoms. The zero-order chi connectivity index (χ0) is 22.1. The average Bonchev–Trinajstić information content (AvgIpc) is 3.40. The van der Waals surface area contributed by atoms with Gasteiger partial charge in [-0.1, -0.05) is 64.5 Å². The molecule has 1 aromatic heterocycles. The Labute approximate surface area is 208 Å². The molecule has 1 amide bonds. The van der Waals surface area contributed by atoms with Crippen molar-refractivity contribution in [2.45, 2.75) is 0 Å². The molecule has 2 heterocycles. The number of amides is 1. The van der Waals surface area contributed by atoms with Gasteiger partial charge in [0.2, 0.25) is 0 Å². The molecule has 0 unspecified atom stereocenters. The van der Waals surface area contributed by atoms with E-state index < -0.39 is 0 Å². The minimum atomic E-state index is -0.0764. The van der Waals surface area contributed by atoms with Crippen LogP contribution in [0, 0.1) is 3.57 Å². The first kappa shape index (κ1) is 21.0. The molecule has 4 aromatic rings. The maximum atomic E-state index is 13.5. The second-order valence-electron chi connectivity index (χ2n) is 7.32. The fourth-order valence-electron chi connectivity index (χ4n) is 3.66. The summed E-state index contributed by atoms with van der Waals surface area (Å²) in [5.74, 6) is 1.32. The Bertz CT molecular complexity index is 1350. The summed E-state index contributed by atoms with van der Waals surface area (Å²) in [6.45, 7) is 0. The van der Waals surface area contributed by atoms with Crippen molar-refractivity contribution < 1.29 is 9.21 Å². The van der Waals surface area contributed by atoms with Crippen LogP contribution >= 0.6 is 38.5 Å². The summed E-state index contributed by atoms with van der Waals surface area (Å²) in [5, 5.41) is 0. The molecule has 0 radical (unpaired) electrons. The van der Waals surface area contributed by atoms with E-state index in [0.717, 1.165) is 36.3 Å². The molecule has 0 saturated carbocycles. The number of benzene rings is 3. The van der Waals surface area contributed by atoms with E-state index in [9.17, 15) is 4.79 Å². The predicted molar refractivity (Wildman–Crippen MR) is 141 cm³/mol. The molecular weight excluding hydrogens is 577 g/mol. The van der Waals surface area contributed by atoms with Crippen LogP contribution in [0.25, 0.3) is 23.1 Å². The minimum Gasteiger partial charge on any atom is -0.457 e. The molecule has 0 bridgehead atoms. The highest BCUT2D eigenvalue weighted by Crippen LogP contribution is 2.36. The molecule has 0 N–H and O–H groups in total. The third-order valence-corrected chi connectivity index (χ3v) is 6.37. The van der Waals surface area contributed by atoms with Crippen molar-refractivity contribution in [2.24, 2.45) is 0 Å². The number of nitrogens with zero attached hydrogens (tertiary/aromatic N) is 1. The van der Waals surface area contributed by atoms with E-state index in [0.29, 0.717) is 11.3 Å². The summed E-state index contributed by atoms with van der Waals surface area (Å²) >= 11 is 5.72. The molecule has 0 fully saturated rings. The van der Waals surface area contributed by atoms with Crippen LogP contribution in [0.15, 0.2) is 112 Å². The lowest BCUT2D eigenvalue weighted by molar-refractivity contribution is -0.113. The van der Waals surface area contributed by atoms with Crippen LogP contribution in [-0.2, 0) is 4.79 Å². The van der Waals surface area contributed by atoms with Crippen LogP contribution in [0.2, 0.25) is 0 Å². The molecule has 5 rings (SSSR count). The van der Waals surface area contributed by atoms with Crippen molar-refractivity contribution in [1.82, 2.24) is 0 Å². The Morgan fingerprint density at radius 1 is 0.844 bits per heavy atom. The Morgan fingerprint density at radius 3 is 2.38 bits per heavy atom. The Kier molecular flexibility index (Phi) is 5.85. The normalized spacial score (nSPS) is 14.8. The van der Waals surface area contributed by atoms with Crippen molar-refractivity contribution in [3.8, 4) is 11.3 Å². The number of halogens is 2. The lowest BCUT2D eigenvalue weighted by Gasteiger charge is -2.21. The monoisotopic (exact) mass is 593 g/mol. The van der Waals surface area contributed by atoms with Gasteiger partial charge in [0.15, 0.2) is 0 Å². The van der Waals surface area contributed by atoms with Gasteiger partial charge in [0.1, 0.15) is 11.5 Å². The van der Waals surface area contributed by atoms with Gasteiger partial charge in [0, 0.05) is 19.2 Å². The highest BCUT2D eigenvalue weighted by atomic mass is 127. The first-order chi connectivity index (χ1) is 15.6. The summed E-state index contributed by atoms with van der Waals surface area (Å²) in [4.78, 5) is 15.2. The van der Waals surface area contributed by atoms with Gasteiger partial charge < -0.3 is 4.42 Å². The topological polar surface area (TPSA) is 33.5 Å². The van der Waals surface area contributed by atoms with Crippen LogP contribution in [0.5, 0.6) is 0 Å². The lowest BCUT2D eigenvalue weighted by atomic mass is 10.1.